The predicted molar refractivity (Wildman–Crippen MR) is 69.6 cm³/mol. The van der Waals surface area contributed by atoms with Crippen molar-refractivity contribution >= 4 is 15.8 Å². The number of anilines is 1. The van der Waals surface area contributed by atoms with Crippen LogP contribution in [-0.4, -0.2) is 28.4 Å². The van der Waals surface area contributed by atoms with Crippen LogP contribution in [0.15, 0.2) is 17.3 Å². The summed E-state index contributed by atoms with van der Waals surface area (Å²) in [5.74, 6) is 0.0226. The lowest BCUT2D eigenvalue weighted by Gasteiger charge is -2.05. The van der Waals surface area contributed by atoms with E-state index in [4.69, 9.17) is 5.73 Å². The SMILES string of the molecule is CCc1nn(C)cc1CNS(=O)(=O)c1cn[nH]c1N. The number of nitrogens with two attached hydrogens (primary N) is 1. The third kappa shape index (κ3) is 2.76. The van der Waals surface area contributed by atoms with E-state index in [0.29, 0.717) is 0 Å². The first-order chi connectivity index (χ1) is 8.94. The van der Waals surface area contributed by atoms with Gasteiger partial charge in [-0.3, -0.25) is 9.78 Å². The molecular weight excluding hydrogens is 268 g/mol. The minimum atomic E-state index is -3.67. The second kappa shape index (κ2) is 5.02. The van der Waals surface area contributed by atoms with Crippen LogP contribution in [0.5, 0.6) is 0 Å². The summed E-state index contributed by atoms with van der Waals surface area (Å²) in [7, 11) is -1.87. The van der Waals surface area contributed by atoms with Crippen molar-refractivity contribution in [1.29, 1.82) is 0 Å². The second-order valence-corrected chi connectivity index (χ2v) is 5.84. The van der Waals surface area contributed by atoms with Crippen molar-refractivity contribution in [3.63, 3.8) is 0 Å². The number of rotatable bonds is 5. The van der Waals surface area contributed by atoms with Gasteiger partial charge in [-0.15, -0.1) is 0 Å². The summed E-state index contributed by atoms with van der Waals surface area (Å²) < 4.78 is 28.2. The summed E-state index contributed by atoms with van der Waals surface area (Å²) in [5, 5.41) is 10.2. The molecule has 2 heterocycles. The number of aromatic nitrogens is 4. The van der Waals surface area contributed by atoms with E-state index < -0.39 is 10.0 Å². The number of H-pyrrole nitrogens is 1. The molecule has 0 amide bonds. The Bertz CT molecular complexity index is 672. The topological polar surface area (TPSA) is 119 Å². The molecule has 9 heteroatoms. The van der Waals surface area contributed by atoms with E-state index >= 15 is 0 Å². The van der Waals surface area contributed by atoms with Crippen LogP contribution < -0.4 is 10.5 Å². The number of aryl methyl sites for hydroxylation is 2. The molecule has 0 radical (unpaired) electrons. The number of nitrogen functional groups attached to an aromatic ring is 1. The molecule has 0 aliphatic rings. The number of nitrogens with one attached hydrogen (secondary N) is 2. The fourth-order valence-corrected chi connectivity index (χ4v) is 2.81. The Balaban J connectivity index is 2.16. The van der Waals surface area contributed by atoms with Crippen molar-refractivity contribution in [3.8, 4) is 0 Å². The average molecular weight is 284 g/mol. The number of nitrogens with zero attached hydrogens (tertiary/aromatic N) is 3. The normalized spacial score (nSPS) is 11.9. The van der Waals surface area contributed by atoms with E-state index in [1.54, 1.807) is 17.9 Å². The van der Waals surface area contributed by atoms with E-state index in [1.165, 1.54) is 6.20 Å². The van der Waals surface area contributed by atoms with E-state index in [1.807, 2.05) is 6.92 Å². The molecule has 2 aromatic rings. The molecular formula is C10H16N6O2S. The van der Waals surface area contributed by atoms with Gasteiger partial charge < -0.3 is 5.73 Å². The Labute approximate surface area is 111 Å². The molecule has 0 aliphatic heterocycles. The quantitative estimate of drug-likeness (QED) is 0.700. The smallest absolute Gasteiger partial charge is 0.246 e. The van der Waals surface area contributed by atoms with E-state index in [9.17, 15) is 8.42 Å². The highest BCUT2D eigenvalue weighted by atomic mass is 32.2. The molecule has 4 N–H and O–H groups in total. The minimum Gasteiger partial charge on any atom is -0.383 e. The summed E-state index contributed by atoms with van der Waals surface area (Å²) >= 11 is 0. The molecule has 0 aromatic carbocycles. The summed E-state index contributed by atoms with van der Waals surface area (Å²) in [4.78, 5) is -0.0468. The van der Waals surface area contributed by atoms with E-state index in [-0.39, 0.29) is 17.3 Å². The van der Waals surface area contributed by atoms with Gasteiger partial charge in [0.15, 0.2) is 0 Å². The zero-order valence-corrected chi connectivity index (χ0v) is 11.5. The molecule has 104 valence electrons. The number of hydrogen-bond donors (Lipinski definition) is 3. The molecule has 0 unspecified atom stereocenters. The molecule has 19 heavy (non-hydrogen) atoms. The van der Waals surface area contributed by atoms with Gasteiger partial charge in [0.25, 0.3) is 0 Å². The lowest BCUT2D eigenvalue weighted by Crippen LogP contribution is -2.24. The molecule has 0 spiro atoms. The Kier molecular flexibility index (Phi) is 3.58. The maximum absolute atomic E-state index is 12.0. The molecule has 0 atom stereocenters. The van der Waals surface area contributed by atoms with Crippen LogP contribution in [0.2, 0.25) is 0 Å². The van der Waals surface area contributed by atoms with Gasteiger partial charge in [-0.05, 0) is 6.42 Å². The molecule has 0 aliphatic carbocycles. The van der Waals surface area contributed by atoms with Crippen molar-refractivity contribution in [1.82, 2.24) is 24.7 Å². The second-order valence-electron chi connectivity index (χ2n) is 4.10. The standard InChI is InChI=1S/C10H16N6O2S/c1-3-8-7(6-16(2)15-8)4-13-19(17,18)9-5-12-14-10(9)11/h5-6,13H,3-4H2,1-2H3,(H3,11,12,14). The number of hydrogen-bond acceptors (Lipinski definition) is 5. The van der Waals surface area contributed by atoms with Gasteiger partial charge in [-0.2, -0.15) is 10.2 Å². The van der Waals surface area contributed by atoms with Crippen LogP contribution >= 0.6 is 0 Å². The molecule has 2 rings (SSSR count). The Morgan fingerprint density at radius 1 is 1.53 bits per heavy atom. The number of sulfonamides is 1. The average Bonchev–Trinajstić information content (AvgIpc) is 2.93. The van der Waals surface area contributed by atoms with Crippen LogP contribution in [0.3, 0.4) is 0 Å². The van der Waals surface area contributed by atoms with Gasteiger partial charge in [0.05, 0.1) is 11.9 Å². The van der Waals surface area contributed by atoms with Crippen LogP contribution in [-0.2, 0) is 30.0 Å². The van der Waals surface area contributed by atoms with Crippen LogP contribution in [0.4, 0.5) is 5.82 Å². The molecule has 0 fully saturated rings. The van der Waals surface area contributed by atoms with Gasteiger partial charge >= 0.3 is 0 Å². The molecule has 8 nitrogen and oxygen atoms in total. The fourth-order valence-electron chi connectivity index (χ4n) is 1.78. The van der Waals surface area contributed by atoms with Crippen molar-refractivity contribution in [2.75, 3.05) is 5.73 Å². The Morgan fingerprint density at radius 3 is 2.84 bits per heavy atom. The van der Waals surface area contributed by atoms with E-state index in [2.05, 4.69) is 20.0 Å². The Morgan fingerprint density at radius 2 is 2.26 bits per heavy atom. The van der Waals surface area contributed by atoms with Gasteiger partial charge in [0.1, 0.15) is 10.7 Å². The Hall–Kier alpha value is -1.87. The molecule has 0 saturated heterocycles. The maximum atomic E-state index is 12.0. The maximum Gasteiger partial charge on any atom is 0.246 e. The van der Waals surface area contributed by atoms with Crippen molar-refractivity contribution in [2.24, 2.45) is 7.05 Å². The predicted octanol–water partition coefficient (Wildman–Crippen LogP) is -0.234. The monoisotopic (exact) mass is 284 g/mol. The number of aromatic amines is 1. The van der Waals surface area contributed by atoms with Gasteiger partial charge in [0.2, 0.25) is 10.0 Å². The summed E-state index contributed by atoms with van der Waals surface area (Å²) in [6.45, 7) is 2.14. The first-order valence-corrected chi connectivity index (χ1v) is 7.22. The summed E-state index contributed by atoms with van der Waals surface area (Å²) in [5.41, 5.74) is 7.21. The highest BCUT2D eigenvalue weighted by Gasteiger charge is 2.19. The van der Waals surface area contributed by atoms with Crippen LogP contribution in [0.25, 0.3) is 0 Å². The van der Waals surface area contributed by atoms with Gasteiger partial charge in [-0.1, -0.05) is 6.92 Å². The minimum absolute atomic E-state index is 0.0226. The summed E-state index contributed by atoms with van der Waals surface area (Å²) in [6.07, 6.45) is 3.72. The van der Waals surface area contributed by atoms with Gasteiger partial charge in [0, 0.05) is 25.4 Å². The lowest BCUT2D eigenvalue weighted by molar-refractivity contribution is 0.581. The van der Waals surface area contributed by atoms with Gasteiger partial charge in [-0.25, -0.2) is 13.1 Å². The first kappa shape index (κ1) is 13.6. The highest BCUT2D eigenvalue weighted by molar-refractivity contribution is 7.89. The lowest BCUT2D eigenvalue weighted by atomic mass is 10.2. The van der Waals surface area contributed by atoms with Crippen molar-refractivity contribution in [3.05, 3.63) is 23.7 Å². The highest BCUT2D eigenvalue weighted by Crippen LogP contribution is 2.15. The first-order valence-electron chi connectivity index (χ1n) is 5.74. The molecule has 0 bridgehead atoms. The van der Waals surface area contributed by atoms with Crippen molar-refractivity contribution < 1.29 is 8.42 Å². The zero-order chi connectivity index (χ0) is 14.0. The van der Waals surface area contributed by atoms with Crippen molar-refractivity contribution in [2.45, 2.75) is 24.8 Å². The fraction of sp³-hybridized carbons (Fsp3) is 0.400. The third-order valence-electron chi connectivity index (χ3n) is 2.70. The molecule has 0 saturated carbocycles. The van der Waals surface area contributed by atoms with Crippen LogP contribution in [0, 0.1) is 0 Å². The summed E-state index contributed by atoms with van der Waals surface area (Å²) in [6, 6.07) is 0. The van der Waals surface area contributed by atoms with Crippen LogP contribution in [0.1, 0.15) is 18.2 Å². The largest absolute Gasteiger partial charge is 0.383 e. The molecule has 2 aromatic heterocycles. The zero-order valence-electron chi connectivity index (χ0n) is 10.7. The third-order valence-corrected chi connectivity index (χ3v) is 4.13. The van der Waals surface area contributed by atoms with E-state index in [0.717, 1.165) is 17.7 Å².